The molecule has 0 bridgehead atoms. The van der Waals surface area contributed by atoms with Crippen molar-refractivity contribution in [3.8, 4) is 69.0 Å². The number of hydrogen-bond acceptors (Lipinski definition) is 14. The van der Waals surface area contributed by atoms with Gasteiger partial charge >= 0.3 is 0 Å². The molecule has 5 atom stereocenters. The molecule has 4 aromatic rings. The Morgan fingerprint density at radius 3 is 1.84 bits per heavy atom. The fourth-order valence-electron chi connectivity index (χ4n) is 5.85. The van der Waals surface area contributed by atoms with Gasteiger partial charge in [0.1, 0.15) is 46.4 Å². The number of aliphatic hydroxyl groups is 2. The summed E-state index contributed by atoms with van der Waals surface area (Å²) >= 11 is 0. The Morgan fingerprint density at radius 1 is 0.545 bits per heavy atom. The lowest BCUT2D eigenvalue weighted by Gasteiger charge is -2.40. The third-order valence-corrected chi connectivity index (χ3v) is 7.87. The van der Waals surface area contributed by atoms with E-state index in [1.54, 1.807) is 0 Å². The van der Waals surface area contributed by atoms with Crippen LogP contribution in [-0.4, -0.2) is 73.5 Å². The lowest BCUT2D eigenvalue weighted by atomic mass is 9.77. The normalized spacial score (nSPS) is 22.4. The van der Waals surface area contributed by atoms with Gasteiger partial charge in [-0.3, -0.25) is 0 Å². The molecule has 230 valence electrons. The highest BCUT2D eigenvalue weighted by Crippen LogP contribution is 2.57. The standard InChI is InChI=1S/C30H26O14/c31-10-3-17(36)23-22(4-10)43-28(9-1-19(38)26(41)20(39)2-9)27(42)25(23)24-18(37)8-14(33)12-6-21(40)29(44-30(12)24)11-5-15(34)16(35)7-13(11)32/h1-5,7-8,21,25,27-29,31-42H,6H2/t21-,25-,27-,28-,29-/m1/s1. The van der Waals surface area contributed by atoms with Crippen molar-refractivity contribution in [1.29, 1.82) is 0 Å². The number of phenols is 10. The summed E-state index contributed by atoms with van der Waals surface area (Å²) in [6.45, 7) is 0. The average Bonchev–Trinajstić information content (AvgIpc) is 2.94. The summed E-state index contributed by atoms with van der Waals surface area (Å²) in [4.78, 5) is 0. The van der Waals surface area contributed by atoms with E-state index < -0.39 is 87.8 Å². The van der Waals surface area contributed by atoms with Crippen LogP contribution < -0.4 is 9.47 Å². The van der Waals surface area contributed by atoms with Crippen molar-refractivity contribution < 1.29 is 70.8 Å². The molecule has 4 aromatic carbocycles. The Morgan fingerprint density at radius 2 is 1.16 bits per heavy atom. The lowest BCUT2D eigenvalue weighted by Crippen LogP contribution is -2.36. The number of aliphatic hydroxyl groups excluding tert-OH is 2. The van der Waals surface area contributed by atoms with Crippen LogP contribution in [0, 0.1) is 0 Å². The Balaban J connectivity index is 1.57. The van der Waals surface area contributed by atoms with Crippen molar-refractivity contribution in [2.24, 2.45) is 0 Å². The third kappa shape index (κ3) is 4.35. The van der Waals surface area contributed by atoms with Gasteiger partial charge in [-0.15, -0.1) is 0 Å². The van der Waals surface area contributed by atoms with Crippen molar-refractivity contribution in [2.45, 2.75) is 36.8 Å². The van der Waals surface area contributed by atoms with Crippen molar-refractivity contribution in [3.63, 3.8) is 0 Å². The lowest BCUT2D eigenvalue weighted by molar-refractivity contribution is 0.000782. The smallest absolute Gasteiger partial charge is 0.200 e. The molecule has 0 aromatic heterocycles. The van der Waals surface area contributed by atoms with E-state index >= 15 is 0 Å². The highest BCUT2D eigenvalue weighted by molar-refractivity contribution is 5.66. The van der Waals surface area contributed by atoms with Crippen molar-refractivity contribution >= 4 is 0 Å². The van der Waals surface area contributed by atoms with Gasteiger partial charge in [-0.05, 0) is 18.2 Å². The van der Waals surface area contributed by atoms with Crippen LogP contribution in [0.3, 0.4) is 0 Å². The van der Waals surface area contributed by atoms with Gasteiger partial charge in [-0.1, -0.05) is 0 Å². The van der Waals surface area contributed by atoms with E-state index in [2.05, 4.69) is 0 Å². The molecule has 0 spiro atoms. The Labute approximate surface area is 247 Å². The fraction of sp³-hybridized carbons (Fsp3) is 0.200. The second-order valence-electron chi connectivity index (χ2n) is 10.6. The molecule has 0 saturated heterocycles. The molecule has 2 aliphatic heterocycles. The summed E-state index contributed by atoms with van der Waals surface area (Å²) in [5.74, 6) is -8.29. The van der Waals surface area contributed by atoms with E-state index in [9.17, 15) is 61.3 Å². The number of ether oxygens (including phenoxy) is 2. The molecule has 14 heteroatoms. The van der Waals surface area contributed by atoms with Gasteiger partial charge in [0.15, 0.2) is 41.0 Å². The quantitative estimate of drug-likeness (QED) is 0.117. The molecule has 14 nitrogen and oxygen atoms in total. The number of aromatic hydroxyl groups is 10. The zero-order chi connectivity index (χ0) is 31.8. The fourth-order valence-corrected chi connectivity index (χ4v) is 5.85. The van der Waals surface area contributed by atoms with E-state index in [0.717, 1.165) is 42.5 Å². The van der Waals surface area contributed by atoms with E-state index in [0.29, 0.717) is 0 Å². The van der Waals surface area contributed by atoms with Crippen LogP contribution in [0.15, 0.2) is 42.5 Å². The first-order valence-corrected chi connectivity index (χ1v) is 13.1. The SMILES string of the molecule is Oc1cc(O)c2c(c1)O[C@H](c1cc(O)c(O)c(O)c1)[C@H](O)[C@H]2c1c(O)cc(O)c2c1O[C@H](c1cc(O)c(O)cc1O)[C@H](O)C2. The summed E-state index contributed by atoms with van der Waals surface area (Å²) in [7, 11) is 0. The molecule has 2 aliphatic rings. The molecule has 2 heterocycles. The minimum Gasteiger partial charge on any atom is -0.508 e. The van der Waals surface area contributed by atoms with Crippen LogP contribution >= 0.6 is 0 Å². The molecule has 0 aliphatic carbocycles. The van der Waals surface area contributed by atoms with E-state index in [4.69, 9.17) is 9.47 Å². The first-order chi connectivity index (χ1) is 20.8. The van der Waals surface area contributed by atoms with Crippen molar-refractivity contribution in [1.82, 2.24) is 0 Å². The van der Waals surface area contributed by atoms with Crippen molar-refractivity contribution in [2.75, 3.05) is 0 Å². The molecule has 12 N–H and O–H groups in total. The summed E-state index contributed by atoms with van der Waals surface area (Å²) in [5.41, 5.74) is -0.625. The van der Waals surface area contributed by atoms with E-state index in [1.165, 1.54) is 0 Å². The van der Waals surface area contributed by atoms with Gasteiger partial charge in [0.25, 0.3) is 0 Å². The van der Waals surface area contributed by atoms with Crippen LogP contribution in [0.1, 0.15) is 45.9 Å². The number of fused-ring (bicyclic) bond motifs is 2. The average molecular weight is 611 g/mol. The molecular weight excluding hydrogens is 584 g/mol. The minimum absolute atomic E-state index is 0.0287. The molecular formula is C30H26O14. The molecule has 44 heavy (non-hydrogen) atoms. The van der Waals surface area contributed by atoms with Gasteiger partial charge in [0.05, 0.1) is 12.0 Å². The zero-order valence-corrected chi connectivity index (χ0v) is 22.3. The monoisotopic (exact) mass is 610 g/mol. The first kappa shape index (κ1) is 28.5. The topological polar surface area (TPSA) is 261 Å². The number of hydrogen-bond donors (Lipinski definition) is 12. The summed E-state index contributed by atoms with van der Waals surface area (Å²) < 4.78 is 11.9. The van der Waals surface area contributed by atoms with Gasteiger partial charge in [0.2, 0.25) is 0 Å². The number of rotatable bonds is 3. The minimum atomic E-state index is -1.76. The molecule has 0 saturated carbocycles. The van der Waals surface area contributed by atoms with E-state index in [1.807, 2.05) is 0 Å². The molecule has 0 fully saturated rings. The predicted octanol–water partition coefficient (Wildman–Crippen LogP) is 2.41. The predicted molar refractivity (Wildman–Crippen MR) is 147 cm³/mol. The largest absolute Gasteiger partial charge is 0.508 e. The summed E-state index contributed by atoms with van der Waals surface area (Å²) in [5, 5.41) is 126. The first-order valence-electron chi connectivity index (χ1n) is 13.1. The highest BCUT2D eigenvalue weighted by Gasteiger charge is 2.46. The Hall–Kier alpha value is -5.60. The van der Waals surface area contributed by atoms with Crippen LogP contribution in [0.4, 0.5) is 0 Å². The Bertz CT molecular complexity index is 1800. The Kier molecular flexibility index (Phi) is 6.48. The molecule has 0 amide bonds. The van der Waals surface area contributed by atoms with Crippen LogP contribution in [-0.2, 0) is 6.42 Å². The van der Waals surface area contributed by atoms with E-state index in [-0.39, 0.29) is 45.7 Å². The van der Waals surface area contributed by atoms with Crippen LogP contribution in [0.5, 0.6) is 69.0 Å². The molecule has 0 unspecified atom stereocenters. The summed E-state index contributed by atoms with van der Waals surface area (Å²) in [6.07, 6.45) is -6.44. The van der Waals surface area contributed by atoms with Crippen LogP contribution in [0.25, 0.3) is 0 Å². The highest BCUT2D eigenvalue weighted by atomic mass is 16.5. The number of benzene rings is 4. The van der Waals surface area contributed by atoms with Gasteiger partial charge < -0.3 is 70.8 Å². The second kappa shape index (κ2) is 10.00. The second-order valence-corrected chi connectivity index (χ2v) is 10.6. The van der Waals surface area contributed by atoms with Crippen molar-refractivity contribution in [3.05, 3.63) is 70.3 Å². The maximum absolute atomic E-state index is 11.8. The van der Waals surface area contributed by atoms with Gasteiger partial charge in [-0.2, -0.15) is 0 Å². The number of phenolic OH excluding ortho intramolecular Hbond substituents is 10. The zero-order valence-electron chi connectivity index (χ0n) is 22.3. The van der Waals surface area contributed by atoms with Gasteiger partial charge in [-0.25, -0.2) is 0 Å². The summed E-state index contributed by atoms with van der Waals surface area (Å²) in [6, 6.07) is 6.78. The maximum atomic E-state index is 11.8. The molecule has 0 radical (unpaired) electrons. The third-order valence-electron chi connectivity index (χ3n) is 7.87. The molecule has 6 rings (SSSR count). The maximum Gasteiger partial charge on any atom is 0.200 e. The van der Waals surface area contributed by atoms with Crippen LogP contribution in [0.2, 0.25) is 0 Å². The van der Waals surface area contributed by atoms with Gasteiger partial charge in [0, 0.05) is 58.5 Å².